The minimum atomic E-state index is -3.86. The van der Waals surface area contributed by atoms with Crippen LogP contribution in [0, 0.1) is 0 Å². The summed E-state index contributed by atoms with van der Waals surface area (Å²) >= 11 is 0. The smallest absolute Gasteiger partial charge is 0.337 e. The first kappa shape index (κ1) is 13.3. The van der Waals surface area contributed by atoms with Crippen molar-refractivity contribution in [3.05, 3.63) is 23.8 Å². The molecule has 8 nitrogen and oxygen atoms in total. The Hall–Kier alpha value is -2.13. The second-order valence-corrected chi connectivity index (χ2v) is 5.99. The number of benzene rings is 1. The lowest BCUT2D eigenvalue weighted by molar-refractivity contribution is 0.0699. The fourth-order valence-electron chi connectivity index (χ4n) is 1.67. The number of hydrogen-bond donors (Lipinski definition) is 2. The monoisotopic (exact) mass is 284 g/mol. The second-order valence-electron chi connectivity index (χ2n) is 4.00. The summed E-state index contributed by atoms with van der Waals surface area (Å²) in [6.07, 6.45) is 0. The maximum Gasteiger partial charge on any atom is 0.337 e. The van der Waals surface area contributed by atoms with Crippen LogP contribution in [0.4, 0.5) is 5.95 Å². The Bertz CT molecular complexity index is 763. The molecule has 1 aromatic carbocycles. The molecule has 0 unspecified atom stereocenters. The molecule has 2 aromatic rings. The third kappa shape index (κ3) is 1.92. The van der Waals surface area contributed by atoms with Crippen molar-refractivity contribution < 1.29 is 18.3 Å². The zero-order valence-electron chi connectivity index (χ0n) is 10.2. The number of aromatic nitrogens is 2. The zero-order valence-corrected chi connectivity index (χ0v) is 11.0. The fourth-order valence-corrected chi connectivity index (χ4v) is 2.67. The van der Waals surface area contributed by atoms with E-state index in [0.29, 0.717) is 0 Å². The first-order valence-electron chi connectivity index (χ1n) is 5.20. The van der Waals surface area contributed by atoms with E-state index in [2.05, 4.69) is 4.98 Å². The van der Waals surface area contributed by atoms with E-state index in [4.69, 9.17) is 10.8 Å². The minimum Gasteiger partial charge on any atom is -0.478 e. The second kappa shape index (κ2) is 4.21. The molecule has 0 atom stereocenters. The Kier molecular flexibility index (Phi) is 2.95. The van der Waals surface area contributed by atoms with Gasteiger partial charge in [0.25, 0.3) is 0 Å². The van der Waals surface area contributed by atoms with Gasteiger partial charge < -0.3 is 10.8 Å². The van der Waals surface area contributed by atoms with Crippen molar-refractivity contribution in [2.24, 2.45) is 0 Å². The first-order chi connectivity index (χ1) is 8.76. The topological polar surface area (TPSA) is 119 Å². The van der Waals surface area contributed by atoms with E-state index in [9.17, 15) is 13.2 Å². The van der Waals surface area contributed by atoms with Gasteiger partial charge in [-0.25, -0.2) is 9.78 Å². The van der Waals surface area contributed by atoms with Crippen LogP contribution >= 0.6 is 0 Å². The molecule has 102 valence electrons. The lowest BCUT2D eigenvalue weighted by atomic mass is 10.2. The fraction of sp³-hybridized carbons (Fsp3) is 0.200. The zero-order chi connectivity index (χ0) is 14.4. The molecule has 0 fully saturated rings. The Morgan fingerprint density at radius 2 is 2.05 bits per heavy atom. The Morgan fingerprint density at radius 1 is 1.42 bits per heavy atom. The summed E-state index contributed by atoms with van der Waals surface area (Å²) in [4.78, 5) is 14.9. The number of aromatic carboxylic acids is 1. The lowest BCUT2D eigenvalue weighted by Crippen LogP contribution is -2.29. The average Bonchev–Trinajstić information content (AvgIpc) is 2.64. The van der Waals surface area contributed by atoms with Gasteiger partial charge in [0.1, 0.15) is 5.52 Å². The highest BCUT2D eigenvalue weighted by Crippen LogP contribution is 2.24. The van der Waals surface area contributed by atoms with Gasteiger partial charge in [0.2, 0.25) is 5.95 Å². The molecule has 3 N–H and O–H groups in total. The number of imidazole rings is 1. The van der Waals surface area contributed by atoms with Gasteiger partial charge in [0, 0.05) is 14.1 Å². The molecule has 0 radical (unpaired) electrons. The molecule has 9 heteroatoms. The molecule has 1 heterocycles. The predicted octanol–water partition coefficient (Wildman–Crippen LogP) is -0.0288. The van der Waals surface area contributed by atoms with Crippen LogP contribution in [0.3, 0.4) is 0 Å². The molecule has 0 aliphatic carbocycles. The predicted molar refractivity (Wildman–Crippen MR) is 69.1 cm³/mol. The highest BCUT2D eigenvalue weighted by atomic mass is 32.2. The van der Waals surface area contributed by atoms with E-state index in [1.165, 1.54) is 32.3 Å². The number of anilines is 1. The van der Waals surface area contributed by atoms with E-state index in [-0.39, 0.29) is 22.5 Å². The molecule has 19 heavy (non-hydrogen) atoms. The Labute approximate surface area is 109 Å². The number of nitrogen functional groups attached to an aromatic ring is 1. The van der Waals surface area contributed by atoms with Crippen LogP contribution in [0.25, 0.3) is 11.0 Å². The van der Waals surface area contributed by atoms with E-state index in [1.807, 2.05) is 0 Å². The number of nitrogens with zero attached hydrogens (tertiary/aromatic N) is 3. The molecule has 2 rings (SSSR count). The SMILES string of the molecule is CN(C)S(=O)(=O)n1c(N)nc2c(C(=O)O)cccc21. The lowest BCUT2D eigenvalue weighted by Gasteiger charge is -2.13. The number of carbonyl (C=O) groups is 1. The maximum absolute atomic E-state index is 12.1. The van der Waals surface area contributed by atoms with Gasteiger partial charge >= 0.3 is 16.2 Å². The quantitative estimate of drug-likeness (QED) is 0.817. The van der Waals surface area contributed by atoms with Crippen LogP contribution in [0.15, 0.2) is 18.2 Å². The third-order valence-corrected chi connectivity index (χ3v) is 4.36. The normalized spacial score (nSPS) is 12.2. The average molecular weight is 284 g/mol. The number of carboxylic acids is 1. The molecule has 0 amide bonds. The van der Waals surface area contributed by atoms with E-state index in [1.54, 1.807) is 0 Å². The van der Waals surface area contributed by atoms with Gasteiger partial charge in [-0.3, -0.25) is 0 Å². The number of carboxylic acid groups (broad SMARTS) is 1. The van der Waals surface area contributed by atoms with Gasteiger partial charge in [-0.2, -0.15) is 16.7 Å². The molecule has 0 aliphatic heterocycles. The third-order valence-electron chi connectivity index (χ3n) is 2.59. The van der Waals surface area contributed by atoms with Gasteiger partial charge in [0.05, 0.1) is 11.1 Å². The molecule has 0 bridgehead atoms. The van der Waals surface area contributed by atoms with Gasteiger partial charge in [-0.05, 0) is 12.1 Å². The highest BCUT2D eigenvalue weighted by molar-refractivity contribution is 7.87. The van der Waals surface area contributed by atoms with Crippen molar-refractivity contribution in [1.29, 1.82) is 0 Å². The molecular formula is C10H12N4O4S. The van der Waals surface area contributed by atoms with Crippen molar-refractivity contribution >= 4 is 33.2 Å². The van der Waals surface area contributed by atoms with E-state index >= 15 is 0 Å². The Balaban J connectivity index is 2.89. The molecule has 0 aliphatic rings. The van der Waals surface area contributed by atoms with Crippen molar-refractivity contribution in [2.75, 3.05) is 19.8 Å². The van der Waals surface area contributed by atoms with Crippen LogP contribution < -0.4 is 5.73 Å². The summed E-state index contributed by atoms with van der Waals surface area (Å²) in [7, 11) is -1.17. The van der Waals surface area contributed by atoms with Crippen molar-refractivity contribution in [3.8, 4) is 0 Å². The van der Waals surface area contributed by atoms with E-state index in [0.717, 1.165) is 8.28 Å². The molecule has 1 aromatic heterocycles. The van der Waals surface area contributed by atoms with Crippen LogP contribution in [-0.2, 0) is 10.2 Å². The number of rotatable bonds is 3. The molecule has 0 saturated carbocycles. The summed E-state index contributed by atoms with van der Waals surface area (Å²) in [5, 5.41) is 9.05. The van der Waals surface area contributed by atoms with E-state index < -0.39 is 16.2 Å². The van der Waals surface area contributed by atoms with Crippen LogP contribution in [0.1, 0.15) is 10.4 Å². The van der Waals surface area contributed by atoms with Crippen LogP contribution in [0.5, 0.6) is 0 Å². The van der Waals surface area contributed by atoms with Crippen molar-refractivity contribution in [2.45, 2.75) is 0 Å². The first-order valence-corrected chi connectivity index (χ1v) is 6.59. The maximum atomic E-state index is 12.1. The van der Waals surface area contributed by atoms with Crippen LogP contribution in [-0.4, -0.2) is 46.9 Å². The number of hydrogen-bond acceptors (Lipinski definition) is 5. The molecule has 0 saturated heterocycles. The number of nitrogens with two attached hydrogens (primary N) is 1. The highest BCUT2D eigenvalue weighted by Gasteiger charge is 2.25. The largest absolute Gasteiger partial charge is 0.478 e. The van der Waals surface area contributed by atoms with Gasteiger partial charge in [0.15, 0.2) is 0 Å². The summed E-state index contributed by atoms with van der Waals surface area (Å²) in [5.74, 6) is -1.48. The standard InChI is InChI=1S/C10H12N4O4S/c1-13(2)19(17,18)14-7-5-3-4-6(9(15)16)8(7)12-10(14)11/h3-5H,1-2H3,(H2,11,12)(H,15,16). The summed E-state index contributed by atoms with van der Waals surface area (Å²) in [6.45, 7) is 0. The van der Waals surface area contributed by atoms with Gasteiger partial charge in [-0.15, -0.1) is 0 Å². The van der Waals surface area contributed by atoms with Gasteiger partial charge in [-0.1, -0.05) is 6.07 Å². The van der Waals surface area contributed by atoms with Crippen LogP contribution in [0.2, 0.25) is 0 Å². The van der Waals surface area contributed by atoms with Crippen molar-refractivity contribution in [1.82, 2.24) is 13.3 Å². The minimum absolute atomic E-state index is 0.0397. The molecule has 0 spiro atoms. The summed E-state index contributed by atoms with van der Waals surface area (Å²) in [6, 6.07) is 4.23. The van der Waals surface area contributed by atoms with Crippen molar-refractivity contribution in [3.63, 3.8) is 0 Å². The number of para-hydroxylation sites is 1. The summed E-state index contributed by atoms with van der Waals surface area (Å²) in [5.41, 5.74) is 5.67. The molecular weight excluding hydrogens is 272 g/mol. The summed E-state index contributed by atoms with van der Waals surface area (Å²) < 4.78 is 26.0. The number of fused-ring (bicyclic) bond motifs is 1. The Morgan fingerprint density at radius 3 is 2.58 bits per heavy atom.